The van der Waals surface area contributed by atoms with Crippen LogP contribution in [0.1, 0.15) is 15.2 Å². The van der Waals surface area contributed by atoms with Crippen LogP contribution in [0.5, 0.6) is 0 Å². The lowest BCUT2D eigenvalue weighted by Crippen LogP contribution is -2.14. The second kappa shape index (κ2) is 3.32. The van der Waals surface area contributed by atoms with Gasteiger partial charge in [0.25, 0.3) is 0 Å². The molecule has 1 heterocycles. The fourth-order valence-electron chi connectivity index (χ4n) is 1.53. The van der Waals surface area contributed by atoms with Gasteiger partial charge < -0.3 is 5.11 Å². The summed E-state index contributed by atoms with van der Waals surface area (Å²) in [5, 5.41) is 28.7. The van der Waals surface area contributed by atoms with Crippen molar-refractivity contribution < 1.29 is 9.90 Å². The molecule has 15 heavy (non-hydrogen) atoms. The summed E-state index contributed by atoms with van der Waals surface area (Å²) in [7, 11) is 0. The number of rotatable bonds is 0. The Morgan fingerprint density at radius 3 is 2.73 bits per heavy atom. The van der Waals surface area contributed by atoms with Crippen LogP contribution < -0.4 is 0 Å². The number of aliphatic hydroxyl groups excluding tert-OH is 1. The molecule has 0 bridgehead atoms. The quantitative estimate of drug-likeness (QED) is 0.658. The van der Waals surface area contributed by atoms with Gasteiger partial charge in [0.15, 0.2) is 0 Å². The van der Waals surface area contributed by atoms with Crippen molar-refractivity contribution in [1.82, 2.24) is 0 Å². The number of carbonyl (C=O) groups is 1. The minimum Gasteiger partial charge on any atom is -0.380 e. The molecule has 1 aliphatic rings. The van der Waals surface area contributed by atoms with Crippen LogP contribution in [0, 0.1) is 22.7 Å². The molecule has 1 unspecified atom stereocenters. The van der Waals surface area contributed by atoms with E-state index in [1.807, 2.05) is 0 Å². The third-order valence-corrected chi connectivity index (χ3v) is 3.12. The second-order valence-electron chi connectivity index (χ2n) is 2.94. The van der Waals surface area contributed by atoms with Gasteiger partial charge in [0, 0.05) is 11.1 Å². The normalized spacial score (nSPS) is 18.2. The van der Waals surface area contributed by atoms with Gasteiger partial charge in [-0.25, -0.2) is 0 Å². The van der Waals surface area contributed by atoms with Crippen LogP contribution in [-0.2, 0) is 0 Å². The summed E-state index contributed by atoms with van der Waals surface area (Å²) in [6.07, 6.45) is -1.36. The molecule has 0 fully saturated rings. The van der Waals surface area contributed by atoms with E-state index < -0.39 is 11.9 Å². The zero-order valence-corrected chi connectivity index (χ0v) is 8.21. The molecule has 2 rings (SSSR count). The first kappa shape index (κ1) is 9.60. The van der Waals surface area contributed by atoms with Crippen LogP contribution in [-0.4, -0.2) is 17.0 Å². The number of hydrogen-bond donors (Lipinski definition) is 1. The van der Waals surface area contributed by atoms with Crippen molar-refractivity contribution in [3.05, 3.63) is 27.5 Å². The van der Waals surface area contributed by atoms with Crippen molar-refractivity contribution in [2.45, 2.75) is 6.10 Å². The number of hydrogen-bond acceptors (Lipinski definition) is 5. The molecule has 1 N–H and O–H groups in total. The summed E-state index contributed by atoms with van der Waals surface area (Å²) in [6.45, 7) is 0. The number of nitriles is 2. The molecule has 5 heteroatoms. The predicted molar refractivity (Wildman–Crippen MR) is 52.8 cm³/mol. The number of ketones is 1. The summed E-state index contributed by atoms with van der Waals surface area (Å²) in [6, 6.07) is 5.01. The highest BCUT2D eigenvalue weighted by Crippen LogP contribution is 2.37. The Morgan fingerprint density at radius 1 is 1.47 bits per heavy atom. The van der Waals surface area contributed by atoms with Gasteiger partial charge in [0.1, 0.15) is 23.8 Å². The molecule has 0 aromatic carbocycles. The van der Waals surface area contributed by atoms with Gasteiger partial charge in [-0.3, -0.25) is 4.79 Å². The van der Waals surface area contributed by atoms with Gasteiger partial charge in [0.2, 0.25) is 5.78 Å². The Bertz CT molecular complexity index is 541. The molecule has 0 amide bonds. The maximum absolute atomic E-state index is 11.5. The fourth-order valence-corrected chi connectivity index (χ4v) is 2.40. The number of nitrogens with zero attached hydrogens (tertiary/aromatic N) is 2. The molecule has 1 aliphatic carbocycles. The Morgan fingerprint density at radius 2 is 2.13 bits per heavy atom. The van der Waals surface area contributed by atoms with Gasteiger partial charge >= 0.3 is 0 Å². The number of fused-ring (bicyclic) bond motifs is 1. The minimum absolute atomic E-state index is 0.140. The van der Waals surface area contributed by atoms with Crippen LogP contribution in [0.3, 0.4) is 0 Å². The van der Waals surface area contributed by atoms with Crippen LogP contribution in [0.25, 0.3) is 5.57 Å². The first-order valence-electron chi connectivity index (χ1n) is 4.05. The second-order valence-corrected chi connectivity index (χ2v) is 3.86. The van der Waals surface area contributed by atoms with Crippen molar-refractivity contribution in [2.24, 2.45) is 0 Å². The molecule has 0 saturated heterocycles. The monoisotopic (exact) mass is 216 g/mol. The molecule has 1 atom stereocenters. The molecule has 0 saturated carbocycles. The summed E-state index contributed by atoms with van der Waals surface area (Å²) in [5.41, 5.74) is 0.449. The van der Waals surface area contributed by atoms with Gasteiger partial charge in [-0.15, -0.1) is 11.3 Å². The Balaban J connectivity index is 2.75. The van der Waals surface area contributed by atoms with Crippen LogP contribution in [0.15, 0.2) is 17.0 Å². The topological polar surface area (TPSA) is 84.9 Å². The summed E-state index contributed by atoms with van der Waals surface area (Å²) < 4.78 is 0. The molecule has 1 aromatic rings. The molecule has 1 aromatic heterocycles. The van der Waals surface area contributed by atoms with Crippen molar-refractivity contribution >= 4 is 22.7 Å². The van der Waals surface area contributed by atoms with Gasteiger partial charge in [-0.1, -0.05) is 0 Å². The molecule has 0 aliphatic heterocycles. The summed E-state index contributed by atoms with van der Waals surface area (Å²) in [5.74, 6) is -0.432. The van der Waals surface area contributed by atoms with E-state index in [1.54, 1.807) is 23.6 Å². The van der Waals surface area contributed by atoms with Crippen LogP contribution in [0.4, 0.5) is 0 Å². The van der Waals surface area contributed by atoms with Gasteiger partial charge in [0.05, 0.1) is 4.88 Å². The SMILES string of the molecule is N#CC(C#N)=C1c2ccsc2C(=O)C1O. The number of aliphatic hydroxyl groups is 1. The molecule has 72 valence electrons. The van der Waals surface area contributed by atoms with E-state index in [-0.39, 0.29) is 11.1 Å². The summed E-state index contributed by atoms with van der Waals surface area (Å²) >= 11 is 1.20. The average molecular weight is 216 g/mol. The average Bonchev–Trinajstić information content (AvgIpc) is 2.78. The number of carbonyl (C=O) groups excluding carboxylic acids is 1. The third-order valence-electron chi connectivity index (χ3n) is 2.19. The fraction of sp³-hybridized carbons (Fsp3) is 0.100. The Kier molecular flexibility index (Phi) is 2.12. The smallest absolute Gasteiger partial charge is 0.206 e. The Labute approximate surface area is 89.3 Å². The predicted octanol–water partition coefficient (Wildman–Crippen LogP) is 1.11. The number of thiophene rings is 1. The largest absolute Gasteiger partial charge is 0.380 e. The van der Waals surface area contributed by atoms with E-state index in [0.29, 0.717) is 10.4 Å². The lowest BCUT2D eigenvalue weighted by molar-refractivity contribution is 0.0851. The third kappa shape index (κ3) is 1.18. The lowest BCUT2D eigenvalue weighted by Gasteiger charge is -2.02. The lowest BCUT2D eigenvalue weighted by atomic mass is 10.0. The zero-order valence-electron chi connectivity index (χ0n) is 7.39. The molecule has 0 spiro atoms. The molecule has 4 nitrogen and oxygen atoms in total. The van der Waals surface area contributed by atoms with Gasteiger partial charge in [-0.2, -0.15) is 10.5 Å². The maximum Gasteiger partial charge on any atom is 0.206 e. The van der Waals surface area contributed by atoms with Crippen molar-refractivity contribution in [2.75, 3.05) is 0 Å². The van der Waals surface area contributed by atoms with E-state index in [9.17, 15) is 9.90 Å². The maximum atomic E-state index is 11.5. The van der Waals surface area contributed by atoms with Crippen LogP contribution >= 0.6 is 11.3 Å². The van der Waals surface area contributed by atoms with E-state index in [4.69, 9.17) is 10.5 Å². The number of allylic oxidation sites excluding steroid dienone is 1. The highest BCUT2D eigenvalue weighted by atomic mass is 32.1. The highest BCUT2D eigenvalue weighted by Gasteiger charge is 2.37. The first-order valence-corrected chi connectivity index (χ1v) is 4.93. The van der Waals surface area contributed by atoms with E-state index in [0.717, 1.165) is 0 Å². The van der Waals surface area contributed by atoms with Crippen LogP contribution in [0.2, 0.25) is 0 Å². The molecule has 0 radical (unpaired) electrons. The highest BCUT2D eigenvalue weighted by molar-refractivity contribution is 7.12. The van der Waals surface area contributed by atoms with Crippen molar-refractivity contribution in [3.8, 4) is 12.1 Å². The first-order chi connectivity index (χ1) is 7.20. The minimum atomic E-state index is -1.36. The van der Waals surface area contributed by atoms with E-state index >= 15 is 0 Å². The Hall–Kier alpha value is -1.95. The summed E-state index contributed by atoms with van der Waals surface area (Å²) in [4.78, 5) is 11.9. The van der Waals surface area contributed by atoms with Gasteiger partial charge in [-0.05, 0) is 11.4 Å². The van der Waals surface area contributed by atoms with Crippen molar-refractivity contribution in [3.63, 3.8) is 0 Å². The van der Waals surface area contributed by atoms with E-state index in [2.05, 4.69) is 0 Å². The van der Waals surface area contributed by atoms with Crippen molar-refractivity contribution in [1.29, 1.82) is 10.5 Å². The molecular formula is C10H4N2O2S. The standard InChI is InChI=1S/C10H4N2O2S/c11-3-5(4-12)7-6-1-2-15-10(6)9(14)8(7)13/h1-2,8,13H. The zero-order chi connectivity index (χ0) is 11.0. The van der Waals surface area contributed by atoms with E-state index in [1.165, 1.54) is 11.3 Å². The number of Topliss-reactive ketones (excluding diaryl/α,β-unsaturated/α-hetero) is 1. The molecular weight excluding hydrogens is 212 g/mol.